The van der Waals surface area contributed by atoms with E-state index in [0.29, 0.717) is 17.9 Å². The van der Waals surface area contributed by atoms with Gasteiger partial charge in [-0.2, -0.15) is 0 Å². The van der Waals surface area contributed by atoms with Gasteiger partial charge in [-0.25, -0.2) is 4.39 Å². The average Bonchev–Trinajstić information content (AvgIpc) is 2.52. The van der Waals surface area contributed by atoms with Gasteiger partial charge in [-0.05, 0) is 48.4 Å². The third-order valence-electron chi connectivity index (χ3n) is 3.03. The number of nitrogens with one attached hydrogen (secondary N) is 1. The van der Waals surface area contributed by atoms with Crippen molar-refractivity contribution in [2.45, 2.75) is 12.8 Å². The highest BCUT2D eigenvalue weighted by atomic mass is 19.1. The van der Waals surface area contributed by atoms with Gasteiger partial charge in [-0.15, -0.1) is 0 Å². The molecule has 0 spiro atoms. The van der Waals surface area contributed by atoms with Crippen molar-refractivity contribution in [1.29, 1.82) is 0 Å². The molecule has 4 nitrogen and oxygen atoms in total. The van der Waals surface area contributed by atoms with Crippen LogP contribution in [0.25, 0.3) is 0 Å². The Hall–Kier alpha value is -2.40. The van der Waals surface area contributed by atoms with Crippen LogP contribution in [0.2, 0.25) is 0 Å². The lowest BCUT2D eigenvalue weighted by Gasteiger charge is -2.07. The molecule has 0 atom stereocenters. The first-order valence-electron chi connectivity index (χ1n) is 7.05. The van der Waals surface area contributed by atoms with Gasteiger partial charge in [0.2, 0.25) is 5.91 Å². The van der Waals surface area contributed by atoms with E-state index < -0.39 is 0 Å². The highest BCUT2D eigenvalue weighted by Gasteiger charge is 2.04. The summed E-state index contributed by atoms with van der Waals surface area (Å²) in [5, 5.41) is 11.4. The number of ether oxygens (including phenoxy) is 1. The minimum absolute atomic E-state index is 0.0431. The quantitative estimate of drug-likeness (QED) is 0.827. The monoisotopic (exact) mass is 303 g/mol. The number of aliphatic hydroxyl groups is 1. The number of aryl methyl sites for hydroxylation is 1. The normalized spacial score (nSPS) is 10.3. The van der Waals surface area contributed by atoms with Crippen LogP contribution >= 0.6 is 0 Å². The van der Waals surface area contributed by atoms with E-state index in [1.807, 2.05) is 0 Å². The molecule has 0 radical (unpaired) electrons. The molecule has 22 heavy (non-hydrogen) atoms. The molecule has 0 bridgehead atoms. The predicted molar refractivity (Wildman–Crippen MR) is 82.4 cm³/mol. The maximum Gasteiger partial charge on any atom is 0.224 e. The molecule has 1 amide bonds. The number of amides is 1. The van der Waals surface area contributed by atoms with Crippen molar-refractivity contribution in [3.63, 3.8) is 0 Å². The van der Waals surface area contributed by atoms with E-state index in [1.54, 1.807) is 36.4 Å². The number of hydrogen-bond acceptors (Lipinski definition) is 3. The Kier molecular flexibility index (Phi) is 5.91. The number of hydrogen-bond donors (Lipinski definition) is 2. The van der Waals surface area contributed by atoms with Gasteiger partial charge in [0, 0.05) is 12.1 Å². The van der Waals surface area contributed by atoms with Crippen molar-refractivity contribution in [3.8, 4) is 5.75 Å². The van der Waals surface area contributed by atoms with Crippen LogP contribution < -0.4 is 10.1 Å². The van der Waals surface area contributed by atoms with Crippen molar-refractivity contribution in [1.82, 2.24) is 0 Å². The Morgan fingerprint density at radius 3 is 2.64 bits per heavy atom. The second kappa shape index (κ2) is 8.14. The molecule has 0 heterocycles. The number of halogens is 1. The van der Waals surface area contributed by atoms with Gasteiger partial charge in [0.1, 0.15) is 18.2 Å². The molecule has 0 unspecified atom stereocenters. The van der Waals surface area contributed by atoms with Crippen molar-refractivity contribution in [2.75, 3.05) is 18.5 Å². The van der Waals surface area contributed by atoms with Crippen LogP contribution in [0.5, 0.6) is 5.75 Å². The van der Waals surface area contributed by atoms with E-state index in [1.165, 1.54) is 12.1 Å². The molecule has 0 aromatic heterocycles. The lowest BCUT2D eigenvalue weighted by Crippen LogP contribution is -2.12. The minimum atomic E-state index is -0.295. The zero-order valence-corrected chi connectivity index (χ0v) is 12.1. The van der Waals surface area contributed by atoms with Crippen molar-refractivity contribution in [2.24, 2.45) is 0 Å². The van der Waals surface area contributed by atoms with Gasteiger partial charge < -0.3 is 15.2 Å². The molecule has 0 aliphatic rings. The number of carbonyl (C=O) groups is 1. The van der Waals surface area contributed by atoms with Crippen LogP contribution in [0, 0.1) is 5.82 Å². The fraction of sp³-hybridized carbons (Fsp3) is 0.235. The van der Waals surface area contributed by atoms with Gasteiger partial charge >= 0.3 is 0 Å². The lowest BCUT2D eigenvalue weighted by molar-refractivity contribution is -0.116. The zero-order chi connectivity index (χ0) is 15.8. The van der Waals surface area contributed by atoms with Crippen LogP contribution in [0.15, 0.2) is 48.5 Å². The molecule has 2 aromatic carbocycles. The largest absolute Gasteiger partial charge is 0.491 e. The summed E-state index contributed by atoms with van der Waals surface area (Å²) in [5.41, 5.74) is 1.46. The number of rotatable bonds is 7. The summed E-state index contributed by atoms with van der Waals surface area (Å²) in [5.74, 6) is 0.205. The molecule has 0 aliphatic carbocycles. The molecular weight excluding hydrogens is 285 g/mol. The summed E-state index contributed by atoms with van der Waals surface area (Å²) >= 11 is 0. The summed E-state index contributed by atoms with van der Waals surface area (Å²) in [7, 11) is 0. The lowest BCUT2D eigenvalue weighted by atomic mass is 10.1. The summed E-state index contributed by atoms with van der Waals surface area (Å²) < 4.78 is 18.3. The Bertz CT molecular complexity index is 614. The molecule has 0 saturated carbocycles. The summed E-state index contributed by atoms with van der Waals surface area (Å²) in [6, 6.07) is 13.1. The van der Waals surface area contributed by atoms with Crippen LogP contribution in [0.1, 0.15) is 12.0 Å². The minimum Gasteiger partial charge on any atom is -0.491 e. The van der Waals surface area contributed by atoms with Crippen LogP contribution in [-0.4, -0.2) is 24.2 Å². The van der Waals surface area contributed by atoms with Crippen molar-refractivity contribution < 1.29 is 19.0 Å². The first-order chi connectivity index (χ1) is 10.7. The first kappa shape index (κ1) is 16.0. The molecule has 2 rings (SSSR count). The molecular formula is C17H18FNO3. The highest BCUT2D eigenvalue weighted by molar-refractivity contribution is 5.90. The molecule has 2 aromatic rings. The summed E-state index contributed by atoms with van der Waals surface area (Å²) in [6.07, 6.45) is 0.771. The molecule has 0 aliphatic heterocycles. The first-order valence-corrected chi connectivity index (χ1v) is 7.05. The Morgan fingerprint density at radius 2 is 1.95 bits per heavy atom. The fourth-order valence-corrected chi connectivity index (χ4v) is 1.97. The van der Waals surface area contributed by atoms with Crippen LogP contribution in [-0.2, 0) is 11.2 Å². The number of anilines is 1. The van der Waals surface area contributed by atoms with E-state index in [4.69, 9.17) is 9.84 Å². The van der Waals surface area contributed by atoms with Crippen molar-refractivity contribution in [3.05, 3.63) is 59.9 Å². The predicted octanol–water partition coefficient (Wildman–Crippen LogP) is 2.77. The molecule has 5 heteroatoms. The van der Waals surface area contributed by atoms with Crippen LogP contribution in [0.3, 0.4) is 0 Å². The van der Waals surface area contributed by atoms with E-state index in [2.05, 4.69) is 5.32 Å². The topological polar surface area (TPSA) is 58.6 Å². The Balaban J connectivity index is 1.81. The number of benzene rings is 2. The molecule has 0 fully saturated rings. The van der Waals surface area contributed by atoms with E-state index in [9.17, 15) is 9.18 Å². The third kappa shape index (κ3) is 5.18. The fourth-order valence-electron chi connectivity index (χ4n) is 1.97. The molecule has 2 N–H and O–H groups in total. The van der Waals surface area contributed by atoms with Gasteiger partial charge in [0.05, 0.1) is 6.61 Å². The molecule has 116 valence electrons. The standard InChI is InChI=1S/C17H18FNO3/c18-14-3-1-2-13(12-14)4-9-17(21)19-15-5-7-16(8-6-15)22-11-10-20/h1-3,5-8,12,20H,4,9-11H2,(H,19,21). The van der Waals surface area contributed by atoms with Gasteiger partial charge in [0.25, 0.3) is 0 Å². The van der Waals surface area contributed by atoms with E-state index in [-0.39, 0.29) is 31.4 Å². The molecule has 0 saturated heterocycles. The summed E-state index contributed by atoms with van der Waals surface area (Å²) in [4.78, 5) is 11.9. The maximum absolute atomic E-state index is 13.0. The SMILES string of the molecule is O=C(CCc1cccc(F)c1)Nc1ccc(OCCO)cc1. The van der Waals surface area contributed by atoms with Crippen LogP contribution in [0.4, 0.5) is 10.1 Å². The van der Waals surface area contributed by atoms with Crippen molar-refractivity contribution >= 4 is 11.6 Å². The zero-order valence-electron chi connectivity index (χ0n) is 12.1. The van der Waals surface area contributed by atoms with E-state index >= 15 is 0 Å². The van der Waals surface area contributed by atoms with Gasteiger partial charge in [-0.1, -0.05) is 12.1 Å². The average molecular weight is 303 g/mol. The number of carbonyl (C=O) groups excluding carboxylic acids is 1. The smallest absolute Gasteiger partial charge is 0.224 e. The van der Waals surface area contributed by atoms with Gasteiger partial charge in [-0.3, -0.25) is 4.79 Å². The Morgan fingerprint density at radius 1 is 1.18 bits per heavy atom. The number of aliphatic hydroxyl groups excluding tert-OH is 1. The second-order valence-corrected chi connectivity index (χ2v) is 4.77. The summed E-state index contributed by atoms with van der Waals surface area (Å²) in [6.45, 7) is 0.192. The third-order valence-corrected chi connectivity index (χ3v) is 3.03. The highest BCUT2D eigenvalue weighted by Crippen LogP contribution is 2.16. The maximum atomic E-state index is 13.0. The van der Waals surface area contributed by atoms with E-state index in [0.717, 1.165) is 5.56 Å². The Labute approximate surface area is 128 Å². The van der Waals surface area contributed by atoms with Gasteiger partial charge in [0.15, 0.2) is 0 Å². The second-order valence-electron chi connectivity index (χ2n) is 4.77.